The molecule has 1 N–H and O–H groups in total. The summed E-state index contributed by atoms with van der Waals surface area (Å²) in [5.74, 6) is 1.09. The molecular weight excluding hydrogens is 253 g/mol. The van der Waals surface area contributed by atoms with E-state index >= 15 is 0 Å². The van der Waals surface area contributed by atoms with Crippen molar-refractivity contribution in [2.75, 3.05) is 11.9 Å². The van der Waals surface area contributed by atoms with Gasteiger partial charge in [0.05, 0.1) is 12.6 Å². The summed E-state index contributed by atoms with van der Waals surface area (Å²) in [7, 11) is 0. The number of ether oxygens (including phenoxy) is 1. The zero-order valence-corrected chi connectivity index (χ0v) is 11.7. The van der Waals surface area contributed by atoms with Crippen LogP contribution in [0.4, 0.5) is 10.1 Å². The van der Waals surface area contributed by atoms with Crippen LogP contribution in [0, 0.1) is 18.7 Å². The summed E-state index contributed by atoms with van der Waals surface area (Å²) < 4.78 is 18.9. The van der Waals surface area contributed by atoms with Crippen LogP contribution in [0.25, 0.3) is 0 Å². The Labute approximate surface area is 118 Å². The first-order chi connectivity index (χ1) is 9.65. The van der Waals surface area contributed by atoms with Gasteiger partial charge in [-0.1, -0.05) is 25.1 Å². The van der Waals surface area contributed by atoms with E-state index in [1.807, 2.05) is 25.1 Å². The fourth-order valence-corrected chi connectivity index (χ4v) is 2.67. The molecule has 0 radical (unpaired) electrons. The first kappa shape index (κ1) is 13.0. The van der Waals surface area contributed by atoms with E-state index in [1.165, 1.54) is 6.07 Å². The summed E-state index contributed by atoms with van der Waals surface area (Å²) >= 11 is 0. The molecule has 1 heterocycles. The van der Waals surface area contributed by atoms with Gasteiger partial charge in [-0.15, -0.1) is 0 Å². The van der Waals surface area contributed by atoms with Crippen LogP contribution >= 0.6 is 0 Å². The van der Waals surface area contributed by atoms with E-state index in [9.17, 15) is 4.39 Å². The molecule has 0 saturated heterocycles. The number of para-hydroxylation sites is 1. The topological polar surface area (TPSA) is 21.3 Å². The predicted octanol–water partition coefficient (Wildman–Crippen LogP) is 4.32. The van der Waals surface area contributed by atoms with Gasteiger partial charge in [-0.3, -0.25) is 0 Å². The Kier molecular flexibility index (Phi) is 3.35. The molecule has 2 atom stereocenters. The monoisotopic (exact) mass is 271 g/mol. The summed E-state index contributed by atoms with van der Waals surface area (Å²) in [5, 5.41) is 3.54. The largest absolute Gasteiger partial charge is 0.493 e. The lowest BCUT2D eigenvalue weighted by molar-refractivity contribution is 0.214. The number of fused-ring (bicyclic) bond motifs is 1. The zero-order valence-electron chi connectivity index (χ0n) is 11.7. The van der Waals surface area contributed by atoms with Gasteiger partial charge in [0.25, 0.3) is 0 Å². The highest BCUT2D eigenvalue weighted by Crippen LogP contribution is 2.37. The highest BCUT2D eigenvalue weighted by Gasteiger charge is 2.27. The van der Waals surface area contributed by atoms with E-state index in [-0.39, 0.29) is 11.9 Å². The van der Waals surface area contributed by atoms with Gasteiger partial charge in [0.15, 0.2) is 0 Å². The van der Waals surface area contributed by atoms with Crippen molar-refractivity contribution in [2.45, 2.75) is 19.9 Å². The Morgan fingerprint density at radius 1 is 1.20 bits per heavy atom. The number of rotatable bonds is 2. The molecule has 2 nitrogen and oxygen atoms in total. The number of nitrogens with one attached hydrogen (secondary N) is 1. The lowest BCUT2D eigenvalue weighted by Gasteiger charge is -2.33. The van der Waals surface area contributed by atoms with Crippen LogP contribution in [0.1, 0.15) is 24.1 Å². The summed E-state index contributed by atoms with van der Waals surface area (Å²) in [6.45, 7) is 4.77. The van der Waals surface area contributed by atoms with Gasteiger partial charge >= 0.3 is 0 Å². The smallest absolute Gasteiger partial charge is 0.124 e. The minimum atomic E-state index is -0.200. The molecule has 0 spiro atoms. The molecule has 0 bridgehead atoms. The van der Waals surface area contributed by atoms with E-state index in [1.54, 1.807) is 12.1 Å². The number of hydrogen-bond donors (Lipinski definition) is 1. The van der Waals surface area contributed by atoms with Crippen LogP contribution in [0.5, 0.6) is 5.75 Å². The Morgan fingerprint density at radius 2 is 2.00 bits per heavy atom. The van der Waals surface area contributed by atoms with Crippen molar-refractivity contribution in [3.05, 3.63) is 59.4 Å². The minimum absolute atomic E-state index is 0.184. The summed E-state index contributed by atoms with van der Waals surface area (Å²) in [4.78, 5) is 0. The van der Waals surface area contributed by atoms with Crippen LogP contribution in [0.3, 0.4) is 0 Å². The predicted molar refractivity (Wildman–Crippen MR) is 78.6 cm³/mol. The maximum absolute atomic E-state index is 13.2. The number of hydrogen-bond acceptors (Lipinski definition) is 2. The Balaban J connectivity index is 1.93. The fraction of sp³-hybridized carbons (Fsp3) is 0.294. The average molecular weight is 271 g/mol. The van der Waals surface area contributed by atoms with Gasteiger partial charge in [0, 0.05) is 17.2 Å². The SMILES string of the molecule is Cc1cc(F)ccc1NC1c2ccccc2OCC1C. The lowest BCUT2D eigenvalue weighted by Crippen LogP contribution is -2.29. The third-order valence-corrected chi connectivity index (χ3v) is 3.82. The molecule has 0 saturated carbocycles. The van der Waals surface area contributed by atoms with Crippen molar-refractivity contribution in [1.29, 1.82) is 0 Å². The summed E-state index contributed by atoms with van der Waals surface area (Å²) in [6.07, 6.45) is 0. The molecule has 2 aromatic carbocycles. The van der Waals surface area contributed by atoms with E-state index in [4.69, 9.17) is 4.74 Å². The van der Waals surface area contributed by atoms with Crippen molar-refractivity contribution in [1.82, 2.24) is 0 Å². The molecule has 0 aromatic heterocycles. The third kappa shape index (κ3) is 2.36. The maximum Gasteiger partial charge on any atom is 0.124 e. The average Bonchev–Trinajstić information content (AvgIpc) is 2.44. The van der Waals surface area contributed by atoms with Crippen molar-refractivity contribution < 1.29 is 9.13 Å². The second kappa shape index (κ2) is 5.16. The van der Waals surface area contributed by atoms with Crippen molar-refractivity contribution >= 4 is 5.69 Å². The number of halogens is 1. The standard InChI is InChI=1S/C17H18FNO/c1-11-9-13(18)7-8-15(11)19-17-12(2)10-20-16-6-4-3-5-14(16)17/h3-9,12,17,19H,10H2,1-2H3. The van der Waals surface area contributed by atoms with Crippen LogP contribution in [-0.2, 0) is 0 Å². The molecule has 1 aliphatic rings. The molecule has 0 fully saturated rings. The first-order valence-electron chi connectivity index (χ1n) is 6.89. The molecule has 104 valence electrons. The van der Waals surface area contributed by atoms with Crippen LogP contribution in [-0.4, -0.2) is 6.61 Å². The van der Waals surface area contributed by atoms with Gasteiger partial charge in [-0.25, -0.2) is 4.39 Å². The Hall–Kier alpha value is -2.03. The van der Waals surface area contributed by atoms with E-state index in [2.05, 4.69) is 18.3 Å². The van der Waals surface area contributed by atoms with Crippen molar-refractivity contribution in [3.8, 4) is 5.75 Å². The van der Waals surface area contributed by atoms with Crippen LogP contribution in [0.15, 0.2) is 42.5 Å². The Bertz CT molecular complexity index is 626. The quantitative estimate of drug-likeness (QED) is 0.878. The van der Waals surface area contributed by atoms with Gasteiger partial charge in [-0.2, -0.15) is 0 Å². The molecule has 2 unspecified atom stereocenters. The van der Waals surface area contributed by atoms with E-state index in [0.29, 0.717) is 12.5 Å². The molecule has 2 aromatic rings. The molecule has 0 aliphatic carbocycles. The second-order valence-electron chi connectivity index (χ2n) is 5.41. The normalized spacial score (nSPS) is 20.9. The van der Waals surface area contributed by atoms with Crippen LogP contribution < -0.4 is 10.1 Å². The number of anilines is 1. The number of benzene rings is 2. The van der Waals surface area contributed by atoms with Gasteiger partial charge in [-0.05, 0) is 36.8 Å². The minimum Gasteiger partial charge on any atom is -0.493 e. The third-order valence-electron chi connectivity index (χ3n) is 3.82. The van der Waals surface area contributed by atoms with Gasteiger partial charge in [0.1, 0.15) is 11.6 Å². The molecule has 0 amide bonds. The molecule has 3 heteroatoms. The Morgan fingerprint density at radius 3 is 2.80 bits per heavy atom. The summed E-state index contributed by atoms with van der Waals surface area (Å²) in [6, 6.07) is 13.1. The highest BCUT2D eigenvalue weighted by molar-refractivity contribution is 5.54. The summed E-state index contributed by atoms with van der Waals surface area (Å²) in [5.41, 5.74) is 3.05. The van der Waals surface area contributed by atoms with Crippen LogP contribution in [0.2, 0.25) is 0 Å². The number of aryl methyl sites for hydroxylation is 1. The first-order valence-corrected chi connectivity index (χ1v) is 6.89. The molecular formula is C17H18FNO. The fourth-order valence-electron chi connectivity index (χ4n) is 2.67. The molecule has 20 heavy (non-hydrogen) atoms. The second-order valence-corrected chi connectivity index (χ2v) is 5.41. The maximum atomic E-state index is 13.2. The van der Waals surface area contributed by atoms with E-state index < -0.39 is 0 Å². The van der Waals surface area contributed by atoms with E-state index in [0.717, 1.165) is 22.6 Å². The molecule has 1 aliphatic heterocycles. The lowest BCUT2D eigenvalue weighted by atomic mass is 9.91. The van der Waals surface area contributed by atoms with Gasteiger partial charge < -0.3 is 10.1 Å². The zero-order chi connectivity index (χ0) is 14.1. The van der Waals surface area contributed by atoms with Crippen molar-refractivity contribution in [3.63, 3.8) is 0 Å². The highest BCUT2D eigenvalue weighted by atomic mass is 19.1. The van der Waals surface area contributed by atoms with Gasteiger partial charge in [0.2, 0.25) is 0 Å². The molecule has 3 rings (SSSR count). The van der Waals surface area contributed by atoms with Crippen molar-refractivity contribution in [2.24, 2.45) is 5.92 Å².